The second kappa shape index (κ2) is 7.06. The Morgan fingerprint density at radius 2 is 2.19 bits per heavy atom. The monoisotopic (exact) mass is 333 g/mol. The zero-order valence-electron chi connectivity index (χ0n) is 11.0. The number of hydrogen-bond donors (Lipinski definition) is 0. The van der Waals surface area contributed by atoms with Gasteiger partial charge in [-0.25, -0.2) is 4.79 Å². The van der Waals surface area contributed by atoms with Gasteiger partial charge in [0.1, 0.15) is 11.6 Å². The fraction of sp³-hybridized carbons (Fsp3) is 0.462. The predicted octanol–water partition coefficient (Wildman–Crippen LogP) is 3.63. The van der Waals surface area contributed by atoms with E-state index in [0.717, 1.165) is 25.3 Å². The van der Waals surface area contributed by atoms with E-state index in [2.05, 4.69) is 0 Å². The van der Waals surface area contributed by atoms with Gasteiger partial charge in [-0.1, -0.05) is 23.2 Å². The van der Waals surface area contributed by atoms with E-state index in [-0.39, 0.29) is 28.3 Å². The zero-order chi connectivity index (χ0) is 15.4. The van der Waals surface area contributed by atoms with E-state index in [1.54, 1.807) is 0 Å². The molecule has 6 nitrogen and oxygen atoms in total. The van der Waals surface area contributed by atoms with Crippen LogP contribution in [0.5, 0.6) is 0 Å². The van der Waals surface area contributed by atoms with Gasteiger partial charge in [0.15, 0.2) is 0 Å². The smallest absolute Gasteiger partial charge is 0.338 e. The van der Waals surface area contributed by atoms with Crippen molar-refractivity contribution in [1.82, 2.24) is 0 Å². The number of rotatable bonds is 4. The fourth-order valence-corrected chi connectivity index (χ4v) is 2.41. The summed E-state index contributed by atoms with van der Waals surface area (Å²) in [6, 6.07) is 2.30. The van der Waals surface area contributed by atoms with Crippen LogP contribution in [-0.4, -0.2) is 30.2 Å². The summed E-state index contributed by atoms with van der Waals surface area (Å²) in [7, 11) is 0. The molecule has 1 aromatic carbocycles. The van der Waals surface area contributed by atoms with Gasteiger partial charge in [-0.15, -0.1) is 0 Å². The lowest BCUT2D eigenvalue weighted by Crippen LogP contribution is -2.26. The van der Waals surface area contributed by atoms with E-state index >= 15 is 0 Å². The molecule has 0 aliphatic carbocycles. The second-order valence-corrected chi connectivity index (χ2v) is 5.42. The molecule has 1 aliphatic heterocycles. The Morgan fingerprint density at radius 3 is 2.81 bits per heavy atom. The first-order chi connectivity index (χ1) is 9.99. The molecule has 1 heterocycles. The Morgan fingerprint density at radius 1 is 1.43 bits per heavy atom. The standard InChI is InChI=1S/C13H13Cl2NO5/c14-10-5-8(6-11(12(10)15)16(18)19)13(17)21-7-9-3-1-2-4-20-9/h5-6,9H,1-4,7H2. The average Bonchev–Trinajstić information content (AvgIpc) is 2.48. The number of esters is 1. The quantitative estimate of drug-likeness (QED) is 0.477. The van der Waals surface area contributed by atoms with Crippen LogP contribution < -0.4 is 0 Å². The molecule has 2 rings (SSSR count). The molecule has 1 saturated heterocycles. The van der Waals surface area contributed by atoms with E-state index in [1.807, 2.05) is 0 Å². The Bertz CT molecular complexity index is 558. The molecule has 0 aromatic heterocycles. The molecular weight excluding hydrogens is 321 g/mol. The summed E-state index contributed by atoms with van der Waals surface area (Å²) >= 11 is 11.5. The Labute approximate surface area is 131 Å². The van der Waals surface area contributed by atoms with Gasteiger partial charge in [0.2, 0.25) is 0 Å². The number of nitro groups is 1. The molecule has 1 aliphatic rings. The van der Waals surface area contributed by atoms with Crippen LogP contribution >= 0.6 is 23.2 Å². The van der Waals surface area contributed by atoms with Crippen LogP contribution in [0.4, 0.5) is 5.69 Å². The van der Waals surface area contributed by atoms with E-state index in [9.17, 15) is 14.9 Å². The second-order valence-electron chi connectivity index (χ2n) is 4.64. The maximum atomic E-state index is 11.9. The molecule has 0 spiro atoms. The molecule has 0 amide bonds. The highest BCUT2D eigenvalue weighted by molar-refractivity contribution is 6.43. The van der Waals surface area contributed by atoms with Crippen molar-refractivity contribution in [2.45, 2.75) is 25.4 Å². The Kier molecular flexibility index (Phi) is 5.39. The lowest BCUT2D eigenvalue weighted by atomic mass is 10.1. The van der Waals surface area contributed by atoms with Crippen molar-refractivity contribution in [1.29, 1.82) is 0 Å². The first-order valence-electron chi connectivity index (χ1n) is 6.41. The summed E-state index contributed by atoms with van der Waals surface area (Å²) in [6.07, 6.45) is 2.74. The van der Waals surface area contributed by atoms with Gasteiger partial charge in [0.05, 0.1) is 21.6 Å². The zero-order valence-corrected chi connectivity index (χ0v) is 12.5. The molecule has 1 aromatic rings. The van der Waals surface area contributed by atoms with Crippen LogP contribution in [0.2, 0.25) is 10.0 Å². The Hall–Kier alpha value is -1.37. The minimum absolute atomic E-state index is 0.00749. The van der Waals surface area contributed by atoms with E-state index in [4.69, 9.17) is 32.7 Å². The first kappa shape index (κ1) is 16.0. The summed E-state index contributed by atoms with van der Waals surface area (Å²) in [6.45, 7) is 0.771. The van der Waals surface area contributed by atoms with Gasteiger partial charge in [-0.3, -0.25) is 10.1 Å². The normalized spacial score (nSPS) is 18.3. The van der Waals surface area contributed by atoms with Gasteiger partial charge in [0.25, 0.3) is 5.69 Å². The Balaban J connectivity index is 2.06. The van der Waals surface area contributed by atoms with E-state index in [0.29, 0.717) is 6.61 Å². The third-order valence-electron chi connectivity index (χ3n) is 3.12. The molecule has 1 unspecified atom stereocenters. The topological polar surface area (TPSA) is 78.7 Å². The SMILES string of the molecule is O=C(OCC1CCCCO1)c1cc(Cl)c(Cl)c([N+](=O)[O-])c1. The fourth-order valence-electron chi connectivity index (χ4n) is 2.02. The maximum Gasteiger partial charge on any atom is 0.338 e. The van der Waals surface area contributed by atoms with Gasteiger partial charge in [-0.05, 0) is 25.3 Å². The molecule has 0 radical (unpaired) electrons. The van der Waals surface area contributed by atoms with Crippen molar-refractivity contribution in [2.24, 2.45) is 0 Å². The molecule has 8 heteroatoms. The van der Waals surface area contributed by atoms with Crippen LogP contribution in [0.15, 0.2) is 12.1 Å². The molecule has 1 atom stereocenters. The number of hydrogen-bond acceptors (Lipinski definition) is 5. The molecule has 0 saturated carbocycles. The van der Waals surface area contributed by atoms with Gasteiger partial charge >= 0.3 is 5.97 Å². The van der Waals surface area contributed by atoms with Crippen molar-refractivity contribution in [3.05, 3.63) is 37.9 Å². The molecular formula is C13H13Cl2NO5. The van der Waals surface area contributed by atoms with Gasteiger partial charge in [0, 0.05) is 12.7 Å². The maximum absolute atomic E-state index is 11.9. The summed E-state index contributed by atoms with van der Waals surface area (Å²) in [5.41, 5.74) is -0.433. The summed E-state index contributed by atoms with van der Waals surface area (Å²) in [4.78, 5) is 22.1. The van der Waals surface area contributed by atoms with Crippen molar-refractivity contribution >= 4 is 34.9 Å². The van der Waals surface area contributed by atoms with Crippen LogP contribution in [0.3, 0.4) is 0 Å². The van der Waals surface area contributed by atoms with Crippen LogP contribution in [0.25, 0.3) is 0 Å². The molecule has 0 bridgehead atoms. The number of ether oxygens (including phenoxy) is 2. The number of carbonyl (C=O) groups excluding carboxylic acids is 1. The summed E-state index contributed by atoms with van der Waals surface area (Å²) in [5.74, 6) is -0.689. The molecule has 1 fully saturated rings. The minimum Gasteiger partial charge on any atom is -0.459 e. The summed E-state index contributed by atoms with van der Waals surface area (Å²) < 4.78 is 10.5. The van der Waals surface area contributed by atoms with Crippen molar-refractivity contribution in [3.63, 3.8) is 0 Å². The lowest BCUT2D eigenvalue weighted by molar-refractivity contribution is -0.384. The van der Waals surface area contributed by atoms with Crippen LogP contribution in [0, 0.1) is 10.1 Å². The number of halogens is 2. The van der Waals surface area contributed by atoms with E-state index in [1.165, 1.54) is 6.07 Å². The number of nitro benzene ring substituents is 1. The van der Waals surface area contributed by atoms with Crippen LogP contribution in [-0.2, 0) is 9.47 Å². The highest BCUT2D eigenvalue weighted by Gasteiger charge is 2.22. The molecule has 114 valence electrons. The van der Waals surface area contributed by atoms with Gasteiger partial charge < -0.3 is 9.47 Å². The average molecular weight is 334 g/mol. The van der Waals surface area contributed by atoms with Crippen molar-refractivity contribution < 1.29 is 19.2 Å². The van der Waals surface area contributed by atoms with Crippen molar-refractivity contribution in [3.8, 4) is 0 Å². The van der Waals surface area contributed by atoms with E-state index < -0.39 is 16.6 Å². The number of benzene rings is 1. The number of nitrogens with zero attached hydrogens (tertiary/aromatic N) is 1. The minimum atomic E-state index is -0.699. The first-order valence-corrected chi connectivity index (χ1v) is 7.17. The van der Waals surface area contributed by atoms with Crippen molar-refractivity contribution in [2.75, 3.05) is 13.2 Å². The molecule has 21 heavy (non-hydrogen) atoms. The van der Waals surface area contributed by atoms with Gasteiger partial charge in [-0.2, -0.15) is 0 Å². The number of carbonyl (C=O) groups is 1. The largest absolute Gasteiger partial charge is 0.459 e. The summed E-state index contributed by atoms with van der Waals surface area (Å²) in [5, 5.41) is 10.6. The highest BCUT2D eigenvalue weighted by Crippen LogP contribution is 2.33. The van der Waals surface area contributed by atoms with Crippen LogP contribution in [0.1, 0.15) is 29.6 Å². The lowest BCUT2D eigenvalue weighted by Gasteiger charge is -2.22. The highest BCUT2D eigenvalue weighted by atomic mass is 35.5. The third-order valence-corrected chi connectivity index (χ3v) is 3.91. The third kappa shape index (κ3) is 4.06. The molecule has 0 N–H and O–H groups in total. The predicted molar refractivity (Wildman–Crippen MR) is 77.0 cm³/mol.